The number of hydrogen-bond donors (Lipinski definition) is 2. The maximum atomic E-state index is 14.6. The van der Waals surface area contributed by atoms with Crippen LogP contribution in [-0.2, 0) is 10.1 Å². The Morgan fingerprint density at radius 2 is 1.76 bits per heavy atom. The minimum absolute atomic E-state index is 0.000157. The molecule has 0 bridgehead atoms. The van der Waals surface area contributed by atoms with Crippen molar-refractivity contribution in [3.8, 4) is 0 Å². The van der Waals surface area contributed by atoms with Gasteiger partial charge in [0.05, 0.1) is 19.3 Å². The summed E-state index contributed by atoms with van der Waals surface area (Å²) >= 11 is 5.84. The summed E-state index contributed by atoms with van der Waals surface area (Å²) in [6, 6.07) is 13.9. The molecule has 1 heterocycles. The van der Waals surface area contributed by atoms with Crippen molar-refractivity contribution >= 4 is 38.2 Å². The molecule has 2 aromatic rings. The standard InChI is InChI=1S/C23H28FN2OPS.C6H14.C2H6/c1-5-15-11-17(23(3,24)28)12-18(25-4)19(15)21(29)26-20(22(2)13-27-14-22)16-9-7-6-8-10-16;1-3-5-6-4-2;1-2/h5-12,20,25H,1,13-14,28H2,2-4H3,(H,26,29);3-6H2,1-2H3;1-2H3. The molecule has 206 valence electrons. The molecule has 0 spiro atoms. The first-order valence-electron chi connectivity index (χ1n) is 13.5. The lowest BCUT2D eigenvalue weighted by Gasteiger charge is -2.45. The van der Waals surface area contributed by atoms with Crippen LogP contribution in [0, 0.1) is 5.41 Å². The molecule has 1 fully saturated rings. The molecule has 1 aliphatic rings. The number of thiocarbonyl (C=S) groups is 1. The third-order valence-electron chi connectivity index (χ3n) is 6.38. The molecule has 1 aliphatic heterocycles. The predicted molar refractivity (Wildman–Crippen MR) is 168 cm³/mol. The summed E-state index contributed by atoms with van der Waals surface area (Å²) in [7, 11) is 4.05. The van der Waals surface area contributed by atoms with Crippen LogP contribution in [0.5, 0.6) is 0 Å². The van der Waals surface area contributed by atoms with Crippen LogP contribution < -0.4 is 10.6 Å². The number of anilines is 1. The quantitative estimate of drug-likeness (QED) is 0.177. The van der Waals surface area contributed by atoms with Crippen molar-refractivity contribution < 1.29 is 9.13 Å². The Hall–Kier alpha value is -1.81. The summed E-state index contributed by atoms with van der Waals surface area (Å²) in [5, 5.41) is 5.19. The fourth-order valence-corrected chi connectivity index (χ4v) is 4.67. The second kappa shape index (κ2) is 16.2. The number of nitrogens with one attached hydrogen (secondary N) is 2. The number of ether oxygens (including phenoxy) is 1. The summed E-state index contributed by atoms with van der Waals surface area (Å²) in [5.74, 6) is 0. The molecule has 3 atom stereocenters. The van der Waals surface area contributed by atoms with Gasteiger partial charge < -0.3 is 15.4 Å². The third kappa shape index (κ3) is 9.46. The molecule has 1 saturated heterocycles. The lowest BCUT2D eigenvalue weighted by Crippen LogP contribution is -2.51. The Labute approximate surface area is 233 Å². The van der Waals surface area contributed by atoms with Crippen LogP contribution in [0.25, 0.3) is 6.08 Å². The molecule has 3 rings (SSSR count). The summed E-state index contributed by atoms with van der Waals surface area (Å²) in [6.45, 7) is 17.4. The average Bonchev–Trinajstić information content (AvgIpc) is 2.89. The Bertz CT molecular complexity index is 967. The molecule has 3 unspecified atom stereocenters. The van der Waals surface area contributed by atoms with Crippen molar-refractivity contribution in [2.45, 2.75) is 78.7 Å². The van der Waals surface area contributed by atoms with Gasteiger partial charge in [-0.15, -0.1) is 0 Å². The fraction of sp³-hybridized carbons (Fsp3) is 0.516. The fourth-order valence-electron chi connectivity index (χ4n) is 4.16. The molecular formula is C31H48FN2OPS. The number of hydrogen-bond acceptors (Lipinski definition) is 3. The number of rotatable bonds is 10. The lowest BCUT2D eigenvalue weighted by atomic mass is 9.77. The van der Waals surface area contributed by atoms with Crippen LogP contribution >= 0.6 is 21.5 Å². The van der Waals surface area contributed by atoms with E-state index in [9.17, 15) is 4.39 Å². The molecule has 0 aliphatic carbocycles. The van der Waals surface area contributed by atoms with Gasteiger partial charge in [-0.1, -0.05) is 125 Å². The van der Waals surface area contributed by atoms with Crippen molar-refractivity contribution in [3.63, 3.8) is 0 Å². The topological polar surface area (TPSA) is 33.3 Å². The Balaban J connectivity index is 0.000000752. The van der Waals surface area contributed by atoms with Crippen molar-refractivity contribution in [1.82, 2.24) is 5.32 Å². The summed E-state index contributed by atoms with van der Waals surface area (Å²) in [4.78, 5) is 0.599. The molecule has 37 heavy (non-hydrogen) atoms. The number of halogens is 1. The highest BCUT2D eigenvalue weighted by atomic mass is 32.1. The third-order valence-corrected chi connectivity index (χ3v) is 7.03. The molecule has 6 heteroatoms. The minimum atomic E-state index is -1.54. The Kier molecular flexibility index (Phi) is 14.6. The second-order valence-electron chi connectivity index (χ2n) is 9.69. The first kappa shape index (κ1) is 33.2. The molecule has 2 N–H and O–H groups in total. The van der Waals surface area contributed by atoms with Gasteiger partial charge in [0, 0.05) is 23.7 Å². The molecular weight excluding hydrogens is 498 g/mol. The van der Waals surface area contributed by atoms with Gasteiger partial charge in [-0.05, 0) is 35.7 Å². The van der Waals surface area contributed by atoms with Crippen LogP contribution in [0.4, 0.5) is 10.1 Å². The SMILES string of the molecule is C=Cc1cc(C(C)(F)P)cc(NC)c1C(=S)NC(c1ccccc1)C1(C)COC1.CC.CCCCCC. The van der Waals surface area contributed by atoms with Crippen LogP contribution in [0.3, 0.4) is 0 Å². The molecule has 2 aromatic carbocycles. The molecule has 0 aromatic heterocycles. The first-order valence-corrected chi connectivity index (χ1v) is 14.5. The van der Waals surface area contributed by atoms with Gasteiger partial charge in [0.2, 0.25) is 0 Å². The van der Waals surface area contributed by atoms with Gasteiger partial charge in [0.1, 0.15) is 10.4 Å². The molecule has 0 saturated carbocycles. The molecule has 3 nitrogen and oxygen atoms in total. The highest BCUT2D eigenvalue weighted by Gasteiger charge is 2.42. The van der Waals surface area contributed by atoms with Gasteiger partial charge in [-0.25, -0.2) is 4.39 Å². The van der Waals surface area contributed by atoms with Crippen molar-refractivity contribution in [3.05, 3.63) is 71.3 Å². The maximum absolute atomic E-state index is 14.6. The lowest BCUT2D eigenvalue weighted by molar-refractivity contribution is -0.119. The van der Waals surface area contributed by atoms with E-state index < -0.39 is 5.41 Å². The minimum Gasteiger partial charge on any atom is -0.388 e. The highest BCUT2D eigenvalue weighted by molar-refractivity contribution is 7.80. The van der Waals surface area contributed by atoms with E-state index >= 15 is 0 Å². The normalized spacial score (nSPS) is 15.8. The number of alkyl halides is 1. The second-order valence-corrected chi connectivity index (χ2v) is 11.2. The monoisotopic (exact) mass is 546 g/mol. The maximum Gasteiger partial charge on any atom is 0.145 e. The van der Waals surface area contributed by atoms with Crippen molar-refractivity contribution in [2.75, 3.05) is 25.6 Å². The summed E-state index contributed by atoms with van der Waals surface area (Å²) < 4.78 is 20.1. The largest absolute Gasteiger partial charge is 0.388 e. The predicted octanol–water partition coefficient (Wildman–Crippen LogP) is 9.04. The summed E-state index contributed by atoms with van der Waals surface area (Å²) in [6.07, 6.45) is 7.25. The van der Waals surface area contributed by atoms with Crippen LogP contribution in [0.2, 0.25) is 0 Å². The highest BCUT2D eigenvalue weighted by Crippen LogP contribution is 2.41. The molecule has 0 amide bonds. The number of unbranched alkanes of at least 4 members (excludes halogenated alkanes) is 3. The van der Waals surface area contributed by atoms with E-state index in [-0.39, 0.29) is 11.5 Å². The van der Waals surface area contributed by atoms with Crippen LogP contribution in [-0.4, -0.2) is 25.2 Å². The van der Waals surface area contributed by atoms with E-state index in [2.05, 4.69) is 59.4 Å². The zero-order valence-electron chi connectivity index (χ0n) is 23.9. The van der Waals surface area contributed by atoms with E-state index in [1.807, 2.05) is 39.1 Å². The van der Waals surface area contributed by atoms with Gasteiger partial charge in [-0.3, -0.25) is 0 Å². The van der Waals surface area contributed by atoms with E-state index in [0.29, 0.717) is 23.8 Å². The van der Waals surface area contributed by atoms with Crippen LogP contribution in [0.15, 0.2) is 49.0 Å². The zero-order chi connectivity index (χ0) is 28.1. The van der Waals surface area contributed by atoms with E-state index in [1.165, 1.54) is 32.6 Å². The Morgan fingerprint density at radius 1 is 1.19 bits per heavy atom. The van der Waals surface area contributed by atoms with Gasteiger partial charge >= 0.3 is 0 Å². The van der Waals surface area contributed by atoms with E-state index in [4.69, 9.17) is 17.0 Å². The van der Waals surface area contributed by atoms with Crippen molar-refractivity contribution in [2.24, 2.45) is 5.41 Å². The Morgan fingerprint density at radius 3 is 2.16 bits per heavy atom. The first-order chi connectivity index (χ1) is 17.6. The zero-order valence-corrected chi connectivity index (χ0v) is 25.9. The van der Waals surface area contributed by atoms with Crippen molar-refractivity contribution in [1.29, 1.82) is 0 Å². The number of benzene rings is 2. The smallest absolute Gasteiger partial charge is 0.145 e. The molecule has 0 radical (unpaired) electrons. The summed E-state index contributed by atoms with van der Waals surface area (Å²) in [5.41, 5.74) is 4.02. The van der Waals surface area contributed by atoms with Crippen LogP contribution in [0.1, 0.15) is 95.5 Å². The van der Waals surface area contributed by atoms with Gasteiger partial charge in [-0.2, -0.15) is 0 Å². The van der Waals surface area contributed by atoms with Gasteiger partial charge in [0.15, 0.2) is 0 Å². The van der Waals surface area contributed by atoms with Gasteiger partial charge in [0.25, 0.3) is 0 Å². The van der Waals surface area contributed by atoms with E-state index in [1.54, 1.807) is 18.2 Å². The van der Waals surface area contributed by atoms with E-state index in [0.717, 1.165) is 22.4 Å². The average molecular weight is 547 g/mol.